The third-order valence-corrected chi connectivity index (χ3v) is 2.60. The van der Waals surface area contributed by atoms with Crippen LogP contribution in [0.15, 0.2) is 12.4 Å². The minimum Gasteiger partial charge on any atom is -0.545 e. The Labute approximate surface area is 90.1 Å². The van der Waals surface area contributed by atoms with Crippen LogP contribution >= 0.6 is 0 Å². The Bertz CT molecular complexity index is 405. The van der Waals surface area contributed by atoms with Crippen molar-refractivity contribution in [2.45, 2.75) is 18.4 Å². The normalized spacial score (nSPS) is 24.2. The summed E-state index contributed by atoms with van der Waals surface area (Å²) in [6, 6.07) is -1.10. The molecular formula is C9H10F2N3O2-. The maximum Gasteiger partial charge on any atom is 0.282 e. The first kappa shape index (κ1) is 11.0. The van der Waals surface area contributed by atoms with Crippen molar-refractivity contribution in [2.24, 2.45) is 0 Å². The van der Waals surface area contributed by atoms with Crippen LogP contribution in [0.3, 0.4) is 0 Å². The van der Waals surface area contributed by atoms with Gasteiger partial charge in [-0.1, -0.05) is 0 Å². The number of nitrogens with zero attached hydrogens (tertiary/aromatic N) is 2. The van der Waals surface area contributed by atoms with Crippen molar-refractivity contribution in [3.05, 3.63) is 18.0 Å². The van der Waals surface area contributed by atoms with E-state index in [-0.39, 0.29) is 12.0 Å². The monoisotopic (exact) mass is 230 g/mol. The molecule has 5 nitrogen and oxygen atoms in total. The second-order valence-electron chi connectivity index (χ2n) is 3.74. The highest BCUT2D eigenvalue weighted by Gasteiger charge is 2.43. The largest absolute Gasteiger partial charge is 0.545 e. The predicted molar refractivity (Wildman–Crippen MR) is 48.0 cm³/mol. The number of halogens is 2. The van der Waals surface area contributed by atoms with Gasteiger partial charge in [-0.2, -0.15) is 5.10 Å². The van der Waals surface area contributed by atoms with E-state index in [1.807, 2.05) is 0 Å². The summed E-state index contributed by atoms with van der Waals surface area (Å²) in [6.45, 7) is 0.0406. The molecule has 0 aromatic carbocycles. The summed E-state index contributed by atoms with van der Waals surface area (Å²) >= 11 is 0. The number of rotatable bonds is 2. The van der Waals surface area contributed by atoms with E-state index >= 15 is 0 Å². The average Bonchev–Trinajstić information content (AvgIpc) is 2.65. The molecule has 1 unspecified atom stereocenters. The van der Waals surface area contributed by atoms with Gasteiger partial charge in [0.15, 0.2) is 0 Å². The summed E-state index contributed by atoms with van der Waals surface area (Å²) in [5, 5.41) is 16.7. The van der Waals surface area contributed by atoms with Gasteiger partial charge in [-0.3, -0.25) is 4.68 Å². The zero-order valence-corrected chi connectivity index (χ0v) is 8.32. The molecule has 1 saturated heterocycles. The number of piperidine rings is 1. The van der Waals surface area contributed by atoms with Crippen LogP contribution in [-0.4, -0.2) is 34.8 Å². The fourth-order valence-corrected chi connectivity index (χ4v) is 1.76. The van der Waals surface area contributed by atoms with Gasteiger partial charge in [0.2, 0.25) is 0 Å². The number of carbonyl (C=O) groups excluding carboxylic acids is 1. The van der Waals surface area contributed by atoms with Gasteiger partial charge in [0, 0.05) is 11.8 Å². The second-order valence-corrected chi connectivity index (χ2v) is 3.74. The van der Waals surface area contributed by atoms with Crippen LogP contribution in [0.2, 0.25) is 0 Å². The van der Waals surface area contributed by atoms with Gasteiger partial charge in [-0.05, 0) is 13.0 Å². The fourth-order valence-electron chi connectivity index (χ4n) is 1.76. The zero-order valence-electron chi connectivity index (χ0n) is 8.32. The summed E-state index contributed by atoms with van der Waals surface area (Å²) < 4.78 is 28.0. The van der Waals surface area contributed by atoms with Gasteiger partial charge in [0.05, 0.1) is 18.7 Å². The number of alkyl halides is 2. The molecule has 0 aliphatic carbocycles. The Morgan fingerprint density at radius 1 is 1.69 bits per heavy atom. The molecule has 1 aliphatic rings. The maximum absolute atomic E-state index is 13.5. The van der Waals surface area contributed by atoms with Crippen LogP contribution in [0.5, 0.6) is 0 Å². The van der Waals surface area contributed by atoms with Crippen LogP contribution in [0.25, 0.3) is 0 Å². The van der Waals surface area contributed by atoms with E-state index < -0.39 is 24.5 Å². The predicted octanol–water partition coefficient (Wildman–Crippen LogP) is -0.584. The first-order valence-electron chi connectivity index (χ1n) is 4.85. The van der Waals surface area contributed by atoms with E-state index in [4.69, 9.17) is 0 Å². The standard InChI is InChI=1S/C9H11F2N3O2/c10-9(11)5-12-2-1-7(9)14-4-6(3-13-14)8(15)16/h3-4,7,12H,1-2,5H2,(H,15,16)/p-1. The van der Waals surface area contributed by atoms with E-state index in [0.717, 1.165) is 17.1 Å². The highest BCUT2D eigenvalue weighted by molar-refractivity contribution is 5.84. The maximum atomic E-state index is 13.5. The Morgan fingerprint density at radius 2 is 2.44 bits per heavy atom. The number of aromatic nitrogens is 2. The lowest BCUT2D eigenvalue weighted by Crippen LogP contribution is -2.47. The highest BCUT2D eigenvalue weighted by Crippen LogP contribution is 2.33. The molecule has 1 atom stereocenters. The molecule has 0 radical (unpaired) electrons. The van der Waals surface area contributed by atoms with Gasteiger partial charge in [0.1, 0.15) is 6.04 Å². The molecule has 88 valence electrons. The smallest absolute Gasteiger partial charge is 0.282 e. The van der Waals surface area contributed by atoms with Crippen LogP contribution < -0.4 is 10.4 Å². The summed E-state index contributed by atoms with van der Waals surface area (Å²) in [6.07, 6.45) is 2.31. The average molecular weight is 230 g/mol. The molecule has 1 fully saturated rings. The molecule has 1 aliphatic heterocycles. The summed E-state index contributed by atoms with van der Waals surface area (Å²) in [5.41, 5.74) is -0.186. The SMILES string of the molecule is O=C([O-])c1cnn(C2CCNCC2(F)F)c1. The van der Waals surface area contributed by atoms with Gasteiger partial charge in [0.25, 0.3) is 5.92 Å². The van der Waals surface area contributed by atoms with E-state index in [0.29, 0.717) is 6.54 Å². The van der Waals surface area contributed by atoms with Gasteiger partial charge in [-0.15, -0.1) is 0 Å². The molecule has 2 rings (SSSR count). The zero-order chi connectivity index (χ0) is 11.8. The second kappa shape index (κ2) is 3.82. The third kappa shape index (κ3) is 1.90. The number of aromatic carboxylic acids is 1. The fraction of sp³-hybridized carbons (Fsp3) is 0.556. The summed E-state index contributed by atoms with van der Waals surface area (Å²) in [7, 11) is 0. The molecule has 0 amide bonds. The number of hydrogen-bond donors (Lipinski definition) is 1. The van der Waals surface area contributed by atoms with Crippen LogP contribution in [0.4, 0.5) is 8.78 Å². The van der Waals surface area contributed by atoms with Crippen LogP contribution in [-0.2, 0) is 0 Å². The quantitative estimate of drug-likeness (QED) is 0.737. The minimum atomic E-state index is -2.92. The third-order valence-electron chi connectivity index (χ3n) is 2.60. The lowest BCUT2D eigenvalue weighted by molar-refractivity contribution is -0.255. The van der Waals surface area contributed by atoms with E-state index in [9.17, 15) is 18.7 Å². The first-order valence-corrected chi connectivity index (χ1v) is 4.85. The van der Waals surface area contributed by atoms with Crippen molar-refractivity contribution in [2.75, 3.05) is 13.1 Å². The van der Waals surface area contributed by atoms with E-state index in [1.165, 1.54) is 0 Å². The van der Waals surface area contributed by atoms with Crippen molar-refractivity contribution in [3.8, 4) is 0 Å². The van der Waals surface area contributed by atoms with Crippen LogP contribution in [0.1, 0.15) is 22.8 Å². The molecule has 16 heavy (non-hydrogen) atoms. The Kier molecular flexibility index (Phi) is 2.63. The molecule has 2 heterocycles. The number of carbonyl (C=O) groups is 1. The topological polar surface area (TPSA) is 70.0 Å². The van der Waals surface area contributed by atoms with Crippen molar-refractivity contribution in [3.63, 3.8) is 0 Å². The molecule has 1 aromatic heterocycles. The van der Waals surface area contributed by atoms with Crippen molar-refractivity contribution >= 4 is 5.97 Å². The summed E-state index contributed by atoms with van der Waals surface area (Å²) in [4.78, 5) is 10.5. The molecule has 7 heteroatoms. The lowest BCUT2D eigenvalue weighted by atomic mass is 10.0. The van der Waals surface area contributed by atoms with Crippen molar-refractivity contribution in [1.29, 1.82) is 0 Å². The minimum absolute atomic E-state index is 0.186. The van der Waals surface area contributed by atoms with Gasteiger partial charge < -0.3 is 15.2 Å². The number of carboxylic acids is 1. The molecular weight excluding hydrogens is 220 g/mol. The number of hydrogen-bond acceptors (Lipinski definition) is 4. The number of nitrogens with one attached hydrogen (secondary N) is 1. The Morgan fingerprint density at radius 3 is 3.00 bits per heavy atom. The van der Waals surface area contributed by atoms with Crippen molar-refractivity contribution in [1.82, 2.24) is 15.1 Å². The Hall–Kier alpha value is -1.50. The molecule has 0 spiro atoms. The van der Waals surface area contributed by atoms with Crippen LogP contribution in [0, 0.1) is 0 Å². The highest BCUT2D eigenvalue weighted by atomic mass is 19.3. The lowest BCUT2D eigenvalue weighted by Gasteiger charge is -2.31. The van der Waals surface area contributed by atoms with Gasteiger partial charge in [-0.25, -0.2) is 8.78 Å². The molecule has 0 saturated carbocycles. The number of carboxylic acid groups (broad SMARTS) is 1. The van der Waals surface area contributed by atoms with E-state index in [1.54, 1.807) is 0 Å². The van der Waals surface area contributed by atoms with Crippen molar-refractivity contribution < 1.29 is 18.7 Å². The molecule has 1 N–H and O–H groups in total. The van der Waals surface area contributed by atoms with Gasteiger partial charge >= 0.3 is 0 Å². The van der Waals surface area contributed by atoms with E-state index in [2.05, 4.69) is 10.4 Å². The summed E-state index contributed by atoms with van der Waals surface area (Å²) in [5.74, 6) is -4.34. The molecule has 0 bridgehead atoms. The molecule has 1 aromatic rings. The Balaban J connectivity index is 2.25. The first-order chi connectivity index (χ1) is 7.50.